The van der Waals surface area contributed by atoms with E-state index in [2.05, 4.69) is 17.6 Å². The normalized spacial score (nSPS) is 16.4. The second-order valence-corrected chi connectivity index (χ2v) is 4.15. The molecule has 0 fully saturated rings. The fraction of sp³-hybridized carbons (Fsp3) is 0.778. The number of carbonyl (C=O) groups excluding carboxylic acids is 1. The van der Waals surface area contributed by atoms with Crippen molar-refractivity contribution in [2.24, 2.45) is 10.9 Å². The number of ether oxygens (including phenoxy) is 1. The Morgan fingerprint density at radius 2 is 2.33 bits per heavy atom. The van der Waals surface area contributed by atoms with Gasteiger partial charge < -0.3 is 9.64 Å². The third-order valence-electron chi connectivity index (χ3n) is 1.80. The maximum absolute atomic E-state index is 11.4. The number of hydrogen-bond acceptors (Lipinski definition) is 5. The zero-order valence-corrected chi connectivity index (χ0v) is 11.5. The van der Waals surface area contributed by atoms with Crippen molar-refractivity contribution in [3.05, 3.63) is 0 Å². The molecule has 0 radical (unpaired) electrons. The molecule has 0 amide bonds. The first-order valence-corrected chi connectivity index (χ1v) is 5.23. The lowest BCUT2D eigenvalue weighted by Crippen LogP contribution is -2.36. The van der Waals surface area contributed by atoms with Gasteiger partial charge in [-0.05, 0) is 5.92 Å². The quantitative estimate of drug-likeness (QED) is 0.629. The standard InChI is InChI=1S/C9H16N2O2S.BrH/c1-7(2)5-13-9(12)8(14)11-4-3-10-6-11;/h6-8,14H,3-5H2,1-2H3;1H. The molecule has 0 aliphatic carbocycles. The van der Waals surface area contributed by atoms with Gasteiger partial charge in [0.15, 0.2) is 5.37 Å². The molecule has 0 saturated carbocycles. The first-order chi connectivity index (χ1) is 6.61. The molecule has 15 heavy (non-hydrogen) atoms. The van der Waals surface area contributed by atoms with Gasteiger partial charge in [-0.25, -0.2) is 4.79 Å². The zero-order chi connectivity index (χ0) is 10.6. The number of halogens is 1. The van der Waals surface area contributed by atoms with Crippen molar-refractivity contribution in [1.82, 2.24) is 4.90 Å². The van der Waals surface area contributed by atoms with Crippen molar-refractivity contribution in [1.29, 1.82) is 0 Å². The van der Waals surface area contributed by atoms with Crippen molar-refractivity contribution in [2.45, 2.75) is 19.2 Å². The molecule has 0 spiro atoms. The smallest absolute Gasteiger partial charge is 0.339 e. The van der Waals surface area contributed by atoms with Crippen LogP contribution in [0.25, 0.3) is 0 Å². The van der Waals surface area contributed by atoms with Gasteiger partial charge in [0.05, 0.1) is 19.5 Å². The Morgan fingerprint density at radius 1 is 1.67 bits per heavy atom. The van der Waals surface area contributed by atoms with E-state index in [1.807, 2.05) is 13.8 Å². The molecule has 0 N–H and O–H groups in total. The molecule has 1 atom stereocenters. The summed E-state index contributed by atoms with van der Waals surface area (Å²) in [5.74, 6) is 0.0575. The van der Waals surface area contributed by atoms with Gasteiger partial charge in [0.1, 0.15) is 0 Å². The first-order valence-electron chi connectivity index (χ1n) is 4.71. The van der Waals surface area contributed by atoms with Crippen molar-refractivity contribution in [3.8, 4) is 0 Å². The molecule has 0 aromatic heterocycles. The number of thiol groups is 1. The van der Waals surface area contributed by atoms with Crippen LogP contribution in [0.15, 0.2) is 4.99 Å². The van der Waals surface area contributed by atoms with Crippen LogP contribution < -0.4 is 0 Å². The van der Waals surface area contributed by atoms with E-state index in [9.17, 15) is 4.79 Å². The zero-order valence-electron chi connectivity index (χ0n) is 8.92. The van der Waals surface area contributed by atoms with Gasteiger partial charge in [-0.15, -0.1) is 29.6 Å². The van der Waals surface area contributed by atoms with Crippen LogP contribution >= 0.6 is 29.6 Å². The van der Waals surface area contributed by atoms with E-state index >= 15 is 0 Å². The Kier molecular flexibility index (Phi) is 7.00. The summed E-state index contributed by atoms with van der Waals surface area (Å²) in [6.07, 6.45) is 1.65. The van der Waals surface area contributed by atoms with Gasteiger partial charge in [0.25, 0.3) is 0 Å². The van der Waals surface area contributed by atoms with Crippen LogP contribution in [0.1, 0.15) is 13.8 Å². The third-order valence-corrected chi connectivity index (χ3v) is 2.31. The fourth-order valence-electron chi connectivity index (χ4n) is 1.04. The molecule has 6 heteroatoms. The molecule has 4 nitrogen and oxygen atoms in total. The molecule has 0 aromatic rings. The van der Waals surface area contributed by atoms with Gasteiger partial charge in [-0.2, -0.15) is 0 Å². The van der Waals surface area contributed by atoms with Crippen LogP contribution in [0, 0.1) is 5.92 Å². The van der Waals surface area contributed by atoms with E-state index in [-0.39, 0.29) is 23.0 Å². The van der Waals surface area contributed by atoms with E-state index in [1.54, 1.807) is 11.2 Å². The predicted octanol–water partition coefficient (Wildman–Crippen LogP) is 1.36. The summed E-state index contributed by atoms with van der Waals surface area (Å²) >= 11 is 4.18. The summed E-state index contributed by atoms with van der Waals surface area (Å²) in [6.45, 7) is 5.91. The monoisotopic (exact) mass is 296 g/mol. The van der Waals surface area contributed by atoms with Gasteiger partial charge >= 0.3 is 5.97 Å². The lowest BCUT2D eigenvalue weighted by molar-refractivity contribution is -0.146. The van der Waals surface area contributed by atoms with E-state index in [0.29, 0.717) is 12.5 Å². The topological polar surface area (TPSA) is 41.9 Å². The predicted molar refractivity (Wildman–Crippen MR) is 69.0 cm³/mol. The van der Waals surface area contributed by atoms with Crippen LogP contribution in [0.3, 0.4) is 0 Å². The average molecular weight is 297 g/mol. The summed E-state index contributed by atoms with van der Waals surface area (Å²) in [7, 11) is 0. The number of nitrogens with zero attached hydrogens (tertiary/aromatic N) is 2. The lowest BCUT2D eigenvalue weighted by atomic mass is 10.2. The highest BCUT2D eigenvalue weighted by atomic mass is 79.9. The molecule has 1 unspecified atom stereocenters. The molecule has 0 aromatic carbocycles. The Bertz CT molecular complexity index is 236. The Hall–Kier alpha value is -0.230. The van der Waals surface area contributed by atoms with Crippen LogP contribution in [-0.4, -0.2) is 42.3 Å². The third kappa shape index (κ3) is 4.88. The van der Waals surface area contributed by atoms with E-state index < -0.39 is 5.37 Å². The number of aliphatic imine (C=N–C) groups is 1. The fourth-order valence-corrected chi connectivity index (χ4v) is 1.29. The first kappa shape index (κ1) is 14.8. The molecule has 1 aliphatic heterocycles. The number of esters is 1. The number of carbonyl (C=O) groups is 1. The second-order valence-electron chi connectivity index (χ2n) is 3.66. The van der Waals surface area contributed by atoms with Gasteiger partial charge in [0, 0.05) is 6.54 Å². The minimum absolute atomic E-state index is 0. The summed E-state index contributed by atoms with van der Waals surface area (Å²) in [6, 6.07) is 0. The van der Waals surface area contributed by atoms with Crippen LogP contribution in [0.5, 0.6) is 0 Å². The summed E-state index contributed by atoms with van der Waals surface area (Å²) in [5, 5.41) is -0.514. The van der Waals surface area contributed by atoms with Crippen LogP contribution in [-0.2, 0) is 9.53 Å². The molecule has 0 saturated heterocycles. The average Bonchev–Trinajstić information content (AvgIpc) is 2.65. The van der Waals surface area contributed by atoms with E-state index in [4.69, 9.17) is 4.74 Å². The minimum atomic E-state index is -0.514. The molecular weight excluding hydrogens is 280 g/mol. The van der Waals surface area contributed by atoms with Crippen LogP contribution in [0.2, 0.25) is 0 Å². The van der Waals surface area contributed by atoms with Crippen molar-refractivity contribution < 1.29 is 9.53 Å². The molecule has 88 valence electrons. The van der Waals surface area contributed by atoms with E-state index in [0.717, 1.165) is 13.1 Å². The summed E-state index contributed by atoms with van der Waals surface area (Å²) < 4.78 is 5.06. The number of hydrogen-bond donors (Lipinski definition) is 1. The molecule has 1 heterocycles. The maximum atomic E-state index is 11.4. The highest BCUT2D eigenvalue weighted by Gasteiger charge is 2.23. The summed E-state index contributed by atoms with van der Waals surface area (Å²) in [5.41, 5.74) is 0. The molecular formula is C9H17BrN2O2S. The maximum Gasteiger partial charge on any atom is 0.339 e. The molecule has 0 bridgehead atoms. The van der Waals surface area contributed by atoms with Crippen molar-refractivity contribution in [2.75, 3.05) is 19.7 Å². The van der Waals surface area contributed by atoms with Gasteiger partial charge in [-0.3, -0.25) is 4.99 Å². The summed E-state index contributed by atoms with van der Waals surface area (Å²) in [4.78, 5) is 17.2. The Labute approximate surface area is 106 Å². The Morgan fingerprint density at radius 3 is 2.80 bits per heavy atom. The van der Waals surface area contributed by atoms with Crippen molar-refractivity contribution >= 4 is 41.9 Å². The SMILES string of the molecule is Br.CC(C)COC(=O)C(S)N1C=NCC1. The lowest BCUT2D eigenvalue weighted by Gasteiger charge is -2.20. The largest absolute Gasteiger partial charge is 0.463 e. The van der Waals surface area contributed by atoms with Gasteiger partial charge in [-0.1, -0.05) is 13.8 Å². The van der Waals surface area contributed by atoms with Crippen LogP contribution in [0.4, 0.5) is 0 Å². The second kappa shape index (κ2) is 7.11. The van der Waals surface area contributed by atoms with Gasteiger partial charge in [0.2, 0.25) is 0 Å². The van der Waals surface area contributed by atoms with Crippen molar-refractivity contribution in [3.63, 3.8) is 0 Å². The number of rotatable bonds is 4. The highest BCUT2D eigenvalue weighted by molar-refractivity contribution is 8.93. The molecule has 1 aliphatic rings. The molecule has 1 rings (SSSR count). The minimum Gasteiger partial charge on any atom is -0.463 e. The Balaban J connectivity index is 0.00000196. The van der Waals surface area contributed by atoms with E-state index in [1.165, 1.54) is 0 Å². The highest BCUT2D eigenvalue weighted by Crippen LogP contribution is 2.08.